The van der Waals surface area contributed by atoms with E-state index in [1.165, 1.54) is 12.5 Å². The SMILES string of the molecule is CC(=O)Nc1cc2c(-c3ccc4c(n3)C3(CCOC3)OCC4)cn(C3COC3)c2cn1. The molecule has 31 heavy (non-hydrogen) atoms. The highest BCUT2D eigenvalue weighted by molar-refractivity contribution is 5.98. The van der Waals surface area contributed by atoms with Crippen LogP contribution in [0.4, 0.5) is 5.82 Å². The summed E-state index contributed by atoms with van der Waals surface area (Å²) < 4.78 is 19.5. The van der Waals surface area contributed by atoms with Gasteiger partial charge in [-0.2, -0.15) is 0 Å². The summed E-state index contributed by atoms with van der Waals surface area (Å²) in [5.74, 6) is 0.387. The van der Waals surface area contributed by atoms with E-state index in [2.05, 4.69) is 33.2 Å². The summed E-state index contributed by atoms with van der Waals surface area (Å²) in [5.41, 5.74) is 4.70. The van der Waals surface area contributed by atoms with Gasteiger partial charge in [-0.3, -0.25) is 4.79 Å². The fourth-order valence-electron chi connectivity index (χ4n) is 4.79. The summed E-state index contributed by atoms with van der Waals surface area (Å²) in [7, 11) is 0. The molecule has 3 aromatic heterocycles. The van der Waals surface area contributed by atoms with Crippen LogP contribution in [0.5, 0.6) is 0 Å². The Balaban J connectivity index is 1.51. The van der Waals surface area contributed by atoms with Crippen LogP contribution < -0.4 is 5.32 Å². The summed E-state index contributed by atoms with van der Waals surface area (Å²) >= 11 is 0. The number of amides is 1. The lowest BCUT2D eigenvalue weighted by Gasteiger charge is -2.33. The van der Waals surface area contributed by atoms with Crippen LogP contribution in [0.25, 0.3) is 22.2 Å². The fourth-order valence-corrected chi connectivity index (χ4v) is 4.79. The third kappa shape index (κ3) is 3.05. The Hall–Kier alpha value is -2.81. The number of ether oxygens (including phenoxy) is 3. The van der Waals surface area contributed by atoms with Crippen molar-refractivity contribution in [2.75, 3.05) is 38.4 Å². The average molecular weight is 420 g/mol. The summed E-state index contributed by atoms with van der Waals surface area (Å²) in [6, 6.07) is 6.46. The minimum absolute atomic E-state index is 0.146. The Labute approximate surface area is 179 Å². The van der Waals surface area contributed by atoms with Gasteiger partial charge >= 0.3 is 0 Å². The summed E-state index contributed by atoms with van der Waals surface area (Å²) in [5, 5.41) is 3.80. The number of nitrogens with one attached hydrogen (secondary N) is 1. The number of rotatable bonds is 3. The van der Waals surface area contributed by atoms with E-state index in [0.717, 1.165) is 40.7 Å². The number of hydrogen-bond acceptors (Lipinski definition) is 6. The van der Waals surface area contributed by atoms with Crippen molar-refractivity contribution in [3.05, 3.63) is 41.9 Å². The second-order valence-corrected chi connectivity index (χ2v) is 8.51. The molecule has 3 aromatic rings. The normalized spacial score (nSPS) is 23.1. The molecule has 1 spiro atoms. The van der Waals surface area contributed by atoms with Gasteiger partial charge in [0.15, 0.2) is 0 Å². The van der Waals surface area contributed by atoms with Crippen molar-refractivity contribution >= 4 is 22.6 Å². The molecule has 2 saturated heterocycles. The van der Waals surface area contributed by atoms with Crippen LogP contribution >= 0.6 is 0 Å². The number of carbonyl (C=O) groups is 1. The van der Waals surface area contributed by atoms with E-state index < -0.39 is 5.60 Å². The first-order valence-corrected chi connectivity index (χ1v) is 10.7. The quantitative estimate of drug-likeness (QED) is 0.701. The monoisotopic (exact) mass is 420 g/mol. The zero-order valence-corrected chi connectivity index (χ0v) is 17.4. The Morgan fingerprint density at radius 2 is 2.16 bits per heavy atom. The molecule has 0 radical (unpaired) electrons. The van der Waals surface area contributed by atoms with E-state index in [-0.39, 0.29) is 11.9 Å². The van der Waals surface area contributed by atoms with Crippen molar-refractivity contribution in [3.63, 3.8) is 0 Å². The Morgan fingerprint density at radius 1 is 1.26 bits per heavy atom. The van der Waals surface area contributed by atoms with Gasteiger partial charge in [0.1, 0.15) is 11.4 Å². The highest BCUT2D eigenvalue weighted by Gasteiger charge is 2.43. The van der Waals surface area contributed by atoms with Crippen LogP contribution in [0, 0.1) is 0 Å². The van der Waals surface area contributed by atoms with Gasteiger partial charge in [-0.1, -0.05) is 6.07 Å². The van der Waals surface area contributed by atoms with Crippen molar-refractivity contribution in [2.24, 2.45) is 0 Å². The van der Waals surface area contributed by atoms with Crippen LogP contribution in [0.15, 0.2) is 30.6 Å². The van der Waals surface area contributed by atoms with E-state index >= 15 is 0 Å². The predicted octanol–water partition coefficient (Wildman–Crippen LogP) is 2.82. The van der Waals surface area contributed by atoms with Crippen LogP contribution in [0.3, 0.4) is 0 Å². The third-order valence-corrected chi connectivity index (χ3v) is 6.46. The molecule has 1 amide bonds. The molecule has 1 N–H and O–H groups in total. The number of nitrogens with zero attached hydrogens (tertiary/aromatic N) is 3. The number of pyridine rings is 2. The van der Waals surface area contributed by atoms with E-state index in [0.29, 0.717) is 38.9 Å². The molecule has 1 atom stereocenters. The molecule has 0 aliphatic carbocycles. The molecule has 8 heteroatoms. The first-order valence-electron chi connectivity index (χ1n) is 10.7. The Morgan fingerprint density at radius 3 is 2.90 bits per heavy atom. The van der Waals surface area contributed by atoms with Gasteiger partial charge in [-0.05, 0) is 24.1 Å². The second-order valence-electron chi connectivity index (χ2n) is 8.51. The first kappa shape index (κ1) is 18.9. The largest absolute Gasteiger partial charge is 0.378 e. The molecule has 160 valence electrons. The smallest absolute Gasteiger partial charge is 0.222 e. The third-order valence-electron chi connectivity index (χ3n) is 6.46. The molecule has 3 aliphatic heterocycles. The van der Waals surface area contributed by atoms with Crippen LogP contribution in [-0.2, 0) is 31.0 Å². The van der Waals surface area contributed by atoms with Crippen molar-refractivity contribution in [1.29, 1.82) is 0 Å². The molecule has 8 nitrogen and oxygen atoms in total. The highest BCUT2D eigenvalue weighted by atomic mass is 16.6. The van der Waals surface area contributed by atoms with Crippen molar-refractivity contribution in [2.45, 2.75) is 31.4 Å². The van der Waals surface area contributed by atoms with E-state index in [9.17, 15) is 4.79 Å². The molecular formula is C23H24N4O4. The van der Waals surface area contributed by atoms with E-state index in [1.54, 1.807) is 0 Å². The number of aromatic nitrogens is 3. The fraction of sp³-hybridized carbons (Fsp3) is 0.435. The predicted molar refractivity (Wildman–Crippen MR) is 114 cm³/mol. The number of anilines is 1. The topological polar surface area (TPSA) is 87.5 Å². The molecule has 0 saturated carbocycles. The molecule has 3 aliphatic rings. The van der Waals surface area contributed by atoms with Gasteiger partial charge in [0, 0.05) is 37.1 Å². The minimum Gasteiger partial charge on any atom is -0.378 e. The molecule has 2 fully saturated rings. The molecule has 6 heterocycles. The van der Waals surface area contributed by atoms with Gasteiger partial charge in [0.25, 0.3) is 0 Å². The number of fused-ring (bicyclic) bond motifs is 3. The molecule has 0 bridgehead atoms. The van der Waals surface area contributed by atoms with Gasteiger partial charge < -0.3 is 24.1 Å². The van der Waals surface area contributed by atoms with Crippen LogP contribution in [0.1, 0.15) is 30.6 Å². The Kier molecular flexibility index (Phi) is 4.34. The zero-order valence-electron chi connectivity index (χ0n) is 17.4. The average Bonchev–Trinajstić information content (AvgIpc) is 3.32. The van der Waals surface area contributed by atoms with Gasteiger partial charge in [0.2, 0.25) is 5.91 Å². The molecule has 6 rings (SSSR count). The van der Waals surface area contributed by atoms with Crippen LogP contribution in [0.2, 0.25) is 0 Å². The number of carbonyl (C=O) groups excluding carboxylic acids is 1. The molecule has 1 unspecified atom stereocenters. The number of hydrogen-bond donors (Lipinski definition) is 1. The maximum absolute atomic E-state index is 11.6. The summed E-state index contributed by atoms with van der Waals surface area (Å²) in [6.45, 7) is 4.79. The second kappa shape index (κ2) is 7.12. The summed E-state index contributed by atoms with van der Waals surface area (Å²) in [6.07, 6.45) is 5.64. The zero-order chi connectivity index (χ0) is 21.0. The van der Waals surface area contributed by atoms with Crippen molar-refractivity contribution in [3.8, 4) is 11.3 Å². The van der Waals surface area contributed by atoms with Crippen molar-refractivity contribution in [1.82, 2.24) is 14.5 Å². The lowest BCUT2D eigenvalue weighted by Crippen LogP contribution is -2.37. The van der Waals surface area contributed by atoms with Gasteiger partial charge in [0.05, 0.1) is 55.6 Å². The Bertz CT molecular complexity index is 1180. The van der Waals surface area contributed by atoms with Gasteiger partial charge in [-0.15, -0.1) is 0 Å². The standard InChI is InChI=1S/C23H24N4O4/c1-14(28)25-21-8-17-18(10-27(16-11-30-12-16)20(17)9-24-21)19-3-2-15-4-6-31-23(22(15)26-19)5-7-29-13-23/h2-3,8-10,16H,4-7,11-13H2,1H3,(H,24,25,28). The lowest BCUT2D eigenvalue weighted by molar-refractivity contribution is -0.114. The first-order chi connectivity index (χ1) is 15.1. The molecule has 0 aromatic carbocycles. The van der Waals surface area contributed by atoms with Crippen LogP contribution in [-0.4, -0.2) is 53.5 Å². The van der Waals surface area contributed by atoms with E-state index in [4.69, 9.17) is 19.2 Å². The lowest BCUT2D eigenvalue weighted by atomic mass is 9.89. The maximum atomic E-state index is 11.6. The molecular weight excluding hydrogens is 396 g/mol. The maximum Gasteiger partial charge on any atom is 0.222 e. The summed E-state index contributed by atoms with van der Waals surface area (Å²) in [4.78, 5) is 21.1. The van der Waals surface area contributed by atoms with Crippen molar-refractivity contribution < 1.29 is 19.0 Å². The highest BCUT2D eigenvalue weighted by Crippen LogP contribution is 2.41. The van der Waals surface area contributed by atoms with E-state index in [1.807, 2.05) is 12.3 Å². The van der Waals surface area contributed by atoms with Gasteiger partial charge in [-0.25, -0.2) is 9.97 Å². The minimum atomic E-state index is -0.438.